The molecule has 64 valence electrons. The Morgan fingerprint density at radius 3 is 2.64 bits per heavy atom. The zero-order chi connectivity index (χ0) is 8.53. The maximum absolute atomic E-state index is 9.79. The maximum atomic E-state index is 9.79. The molecule has 0 saturated heterocycles. The summed E-state index contributed by atoms with van der Waals surface area (Å²) < 4.78 is 9.04. The van der Waals surface area contributed by atoms with Crippen LogP contribution in [0.5, 0.6) is 0 Å². The van der Waals surface area contributed by atoms with Crippen LogP contribution in [0.4, 0.5) is 0 Å². The molecular weight excluding hydrogens is 148 g/mol. The van der Waals surface area contributed by atoms with Crippen LogP contribution in [0.2, 0.25) is 0 Å². The first-order valence-corrected chi connectivity index (χ1v) is 3.45. The van der Waals surface area contributed by atoms with E-state index < -0.39 is 0 Å². The summed E-state index contributed by atoms with van der Waals surface area (Å²) in [5, 5.41) is 0. The smallest absolute Gasteiger partial charge is 0.293 e. The number of ether oxygens (including phenoxy) is 2. The Labute approximate surface area is 65.5 Å². The molecule has 0 fully saturated rings. The SMILES string of the molecule is CC(CCCOC=O)OC=O. The van der Waals surface area contributed by atoms with E-state index in [0.29, 0.717) is 32.4 Å². The van der Waals surface area contributed by atoms with Gasteiger partial charge in [0.05, 0.1) is 12.7 Å². The highest BCUT2D eigenvalue weighted by atomic mass is 16.5. The number of carbonyl (C=O) groups excluding carboxylic acids is 2. The molecule has 0 aliphatic heterocycles. The molecule has 11 heavy (non-hydrogen) atoms. The van der Waals surface area contributed by atoms with Crippen molar-refractivity contribution in [2.45, 2.75) is 25.9 Å². The van der Waals surface area contributed by atoms with Gasteiger partial charge in [0.2, 0.25) is 0 Å². The largest absolute Gasteiger partial charge is 0.468 e. The van der Waals surface area contributed by atoms with Crippen molar-refractivity contribution in [3.05, 3.63) is 0 Å². The van der Waals surface area contributed by atoms with Crippen molar-refractivity contribution in [2.75, 3.05) is 6.61 Å². The van der Waals surface area contributed by atoms with Crippen LogP contribution in [0.15, 0.2) is 0 Å². The number of hydrogen-bond donors (Lipinski definition) is 0. The van der Waals surface area contributed by atoms with E-state index in [2.05, 4.69) is 9.47 Å². The van der Waals surface area contributed by atoms with Crippen molar-refractivity contribution in [2.24, 2.45) is 0 Å². The normalized spacial score (nSPS) is 11.7. The average Bonchev–Trinajstić information content (AvgIpc) is 1.99. The molecule has 0 N–H and O–H groups in total. The molecule has 0 radical (unpaired) electrons. The van der Waals surface area contributed by atoms with Gasteiger partial charge in [-0.05, 0) is 19.8 Å². The maximum Gasteiger partial charge on any atom is 0.293 e. The summed E-state index contributed by atoms with van der Waals surface area (Å²) in [6.45, 7) is 3.00. The van der Waals surface area contributed by atoms with Gasteiger partial charge in [-0.1, -0.05) is 0 Å². The number of hydrogen-bond acceptors (Lipinski definition) is 4. The van der Waals surface area contributed by atoms with Gasteiger partial charge >= 0.3 is 0 Å². The van der Waals surface area contributed by atoms with Crippen molar-refractivity contribution < 1.29 is 19.1 Å². The molecule has 0 spiro atoms. The minimum absolute atomic E-state index is 0.0947. The second kappa shape index (κ2) is 7.05. The Hall–Kier alpha value is -1.06. The van der Waals surface area contributed by atoms with Crippen LogP contribution < -0.4 is 0 Å². The minimum atomic E-state index is -0.0947. The van der Waals surface area contributed by atoms with E-state index in [0.717, 1.165) is 0 Å². The fourth-order valence-electron chi connectivity index (χ4n) is 0.665. The standard InChI is InChI=1S/C7H12O4/c1-7(11-6-9)3-2-4-10-5-8/h5-7H,2-4H2,1H3. The van der Waals surface area contributed by atoms with Gasteiger partial charge in [0.1, 0.15) is 0 Å². The van der Waals surface area contributed by atoms with Gasteiger partial charge in [-0.25, -0.2) is 0 Å². The molecule has 0 aliphatic carbocycles. The molecule has 4 nitrogen and oxygen atoms in total. The molecule has 0 rings (SSSR count). The fourth-order valence-corrected chi connectivity index (χ4v) is 0.665. The third-order valence-corrected chi connectivity index (χ3v) is 1.23. The molecule has 0 heterocycles. The predicted octanol–water partition coefficient (Wildman–Crippen LogP) is 0.501. The molecule has 0 aromatic heterocycles. The summed E-state index contributed by atoms with van der Waals surface area (Å²) in [7, 11) is 0. The van der Waals surface area contributed by atoms with E-state index in [4.69, 9.17) is 0 Å². The highest BCUT2D eigenvalue weighted by molar-refractivity contribution is 5.37. The second-order valence-electron chi connectivity index (χ2n) is 2.15. The predicted molar refractivity (Wildman–Crippen MR) is 37.9 cm³/mol. The molecule has 0 aliphatic rings. The van der Waals surface area contributed by atoms with E-state index in [9.17, 15) is 9.59 Å². The number of carbonyl (C=O) groups is 2. The van der Waals surface area contributed by atoms with Gasteiger partial charge in [-0.15, -0.1) is 0 Å². The minimum Gasteiger partial charge on any atom is -0.468 e. The van der Waals surface area contributed by atoms with Crippen LogP contribution >= 0.6 is 0 Å². The van der Waals surface area contributed by atoms with Crippen LogP contribution in [0.1, 0.15) is 19.8 Å². The van der Waals surface area contributed by atoms with Gasteiger partial charge in [0.15, 0.2) is 0 Å². The molecule has 0 amide bonds. The molecule has 0 saturated carbocycles. The lowest BCUT2D eigenvalue weighted by molar-refractivity contribution is -0.134. The summed E-state index contributed by atoms with van der Waals surface area (Å²) in [4.78, 5) is 19.5. The Balaban J connectivity index is 3.09. The average molecular weight is 160 g/mol. The molecule has 4 heteroatoms. The van der Waals surface area contributed by atoms with E-state index in [-0.39, 0.29) is 6.10 Å². The Kier molecular flexibility index (Phi) is 6.37. The third kappa shape index (κ3) is 6.83. The van der Waals surface area contributed by atoms with E-state index in [1.807, 2.05) is 0 Å². The summed E-state index contributed by atoms with van der Waals surface area (Å²) >= 11 is 0. The summed E-state index contributed by atoms with van der Waals surface area (Å²) in [6.07, 6.45) is 1.34. The van der Waals surface area contributed by atoms with Gasteiger partial charge in [0, 0.05) is 0 Å². The van der Waals surface area contributed by atoms with Crippen molar-refractivity contribution in [1.29, 1.82) is 0 Å². The van der Waals surface area contributed by atoms with Gasteiger partial charge in [0.25, 0.3) is 12.9 Å². The summed E-state index contributed by atoms with van der Waals surface area (Å²) in [6, 6.07) is 0. The molecule has 1 atom stereocenters. The lowest BCUT2D eigenvalue weighted by Gasteiger charge is -2.07. The Bertz CT molecular complexity index is 113. The Morgan fingerprint density at radius 2 is 2.09 bits per heavy atom. The van der Waals surface area contributed by atoms with Crippen LogP contribution in [-0.2, 0) is 19.1 Å². The highest BCUT2D eigenvalue weighted by Gasteiger charge is 1.99. The zero-order valence-corrected chi connectivity index (χ0v) is 6.49. The molecular formula is C7H12O4. The summed E-state index contributed by atoms with van der Waals surface area (Å²) in [5.74, 6) is 0. The highest BCUT2D eigenvalue weighted by Crippen LogP contribution is 1.99. The van der Waals surface area contributed by atoms with Crippen molar-refractivity contribution in [1.82, 2.24) is 0 Å². The van der Waals surface area contributed by atoms with Crippen LogP contribution in [0.3, 0.4) is 0 Å². The number of rotatable bonds is 7. The molecule has 1 unspecified atom stereocenters. The molecule has 0 aromatic rings. The van der Waals surface area contributed by atoms with Crippen LogP contribution in [0.25, 0.3) is 0 Å². The molecule has 0 aromatic carbocycles. The van der Waals surface area contributed by atoms with Crippen LogP contribution in [-0.4, -0.2) is 25.7 Å². The second-order valence-corrected chi connectivity index (χ2v) is 2.15. The molecule has 0 bridgehead atoms. The first-order chi connectivity index (χ1) is 5.31. The van der Waals surface area contributed by atoms with Crippen molar-refractivity contribution >= 4 is 12.9 Å². The van der Waals surface area contributed by atoms with E-state index in [1.165, 1.54) is 0 Å². The lowest BCUT2D eigenvalue weighted by Crippen LogP contribution is -2.07. The first-order valence-electron chi connectivity index (χ1n) is 3.45. The topological polar surface area (TPSA) is 52.6 Å². The van der Waals surface area contributed by atoms with Gasteiger partial charge in [-0.2, -0.15) is 0 Å². The Morgan fingerprint density at radius 1 is 1.36 bits per heavy atom. The van der Waals surface area contributed by atoms with Crippen LogP contribution in [0, 0.1) is 0 Å². The third-order valence-electron chi connectivity index (χ3n) is 1.23. The lowest BCUT2D eigenvalue weighted by atomic mass is 10.2. The van der Waals surface area contributed by atoms with Gasteiger partial charge in [-0.3, -0.25) is 9.59 Å². The summed E-state index contributed by atoms with van der Waals surface area (Å²) in [5.41, 5.74) is 0. The monoisotopic (exact) mass is 160 g/mol. The fraction of sp³-hybridized carbons (Fsp3) is 0.714. The van der Waals surface area contributed by atoms with Gasteiger partial charge < -0.3 is 9.47 Å². The first kappa shape index (κ1) is 9.94. The quantitative estimate of drug-likeness (QED) is 0.402. The zero-order valence-electron chi connectivity index (χ0n) is 6.49. The van der Waals surface area contributed by atoms with Crippen molar-refractivity contribution in [3.8, 4) is 0 Å². The van der Waals surface area contributed by atoms with E-state index >= 15 is 0 Å². The van der Waals surface area contributed by atoms with E-state index in [1.54, 1.807) is 6.92 Å². The van der Waals surface area contributed by atoms with Crippen molar-refractivity contribution in [3.63, 3.8) is 0 Å².